The smallest absolute Gasteiger partial charge is 0.225 e. The summed E-state index contributed by atoms with van der Waals surface area (Å²) < 4.78 is 7.42. The van der Waals surface area contributed by atoms with E-state index in [0.717, 1.165) is 34.3 Å². The van der Waals surface area contributed by atoms with Gasteiger partial charge in [-0.05, 0) is 41.0 Å². The van der Waals surface area contributed by atoms with Crippen molar-refractivity contribution in [3.63, 3.8) is 0 Å². The van der Waals surface area contributed by atoms with E-state index in [1.165, 1.54) is 12.7 Å². The van der Waals surface area contributed by atoms with E-state index in [-0.39, 0.29) is 17.6 Å². The first-order chi connectivity index (χ1) is 14.6. The average Bonchev–Trinajstić information content (AvgIpc) is 3.04. The molecule has 0 spiro atoms. The molecule has 1 aliphatic rings. The van der Waals surface area contributed by atoms with Crippen LogP contribution in [0.2, 0.25) is 0 Å². The fraction of sp³-hybridized carbons (Fsp3) is 0.160. The predicted octanol–water partition coefficient (Wildman–Crippen LogP) is 4.88. The van der Waals surface area contributed by atoms with Crippen LogP contribution in [0.3, 0.4) is 0 Å². The molecular formula is C25H22N2O3. The lowest BCUT2D eigenvalue weighted by Crippen LogP contribution is -2.14. The number of ether oxygens (including phenoxy) is 1. The minimum Gasteiger partial charge on any atom is -0.504 e. The number of carbonyl (C=O) groups is 1. The Morgan fingerprint density at radius 1 is 1.10 bits per heavy atom. The summed E-state index contributed by atoms with van der Waals surface area (Å²) in [5, 5.41) is 14.4. The number of phenolic OH excluding ortho intramolecular Hbond substituents is 1. The van der Waals surface area contributed by atoms with Crippen LogP contribution in [0.1, 0.15) is 29.0 Å². The Labute approximate surface area is 174 Å². The van der Waals surface area contributed by atoms with Gasteiger partial charge in [-0.25, -0.2) is 0 Å². The highest BCUT2D eigenvalue weighted by molar-refractivity contribution is 6.06. The molecule has 2 N–H and O–H groups in total. The summed E-state index contributed by atoms with van der Waals surface area (Å²) in [5.41, 5.74) is 5.10. The Kier molecular flexibility index (Phi) is 4.43. The van der Waals surface area contributed by atoms with Crippen molar-refractivity contribution < 1.29 is 14.6 Å². The molecule has 2 heterocycles. The van der Waals surface area contributed by atoms with E-state index in [1.54, 1.807) is 12.1 Å². The van der Waals surface area contributed by atoms with Crippen molar-refractivity contribution in [1.29, 1.82) is 0 Å². The van der Waals surface area contributed by atoms with Gasteiger partial charge < -0.3 is 19.7 Å². The lowest BCUT2D eigenvalue weighted by Gasteiger charge is -2.16. The number of amides is 1. The summed E-state index contributed by atoms with van der Waals surface area (Å²) >= 11 is 0. The Morgan fingerprint density at radius 2 is 1.93 bits per heavy atom. The molecule has 3 aromatic carbocycles. The van der Waals surface area contributed by atoms with Gasteiger partial charge in [-0.2, -0.15) is 0 Å². The fourth-order valence-corrected chi connectivity index (χ4v) is 4.38. The number of nitrogens with zero attached hydrogens (tertiary/aromatic N) is 1. The third-order valence-electron chi connectivity index (χ3n) is 5.78. The maximum absolute atomic E-state index is 12.7. The first kappa shape index (κ1) is 18.3. The third-order valence-corrected chi connectivity index (χ3v) is 5.78. The molecule has 0 radical (unpaired) electrons. The van der Waals surface area contributed by atoms with E-state index >= 15 is 0 Å². The monoisotopic (exact) mass is 398 g/mol. The van der Waals surface area contributed by atoms with Crippen molar-refractivity contribution in [2.45, 2.75) is 18.9 Å². The second-order valence-electron chi connectivity index (χ2n) is 7.63. The van der Waals surface area contributed by atoms with Crippen LogP contribution in [-0.2, 0) is 11.3 Å². The summed E-state index contributed by atoms with van der Waals surface area (Å²) in [6, 6.07) is 21.7. The number of methoxy groups -OCH3 is 1. The highest BCUT2D eigenvalue weighted by Gasteiger charge is 2.28. The van der Waals surface area contributed by atoms with Gasteiger partial charge in [0.15, 0.2) is 11.5 Å². The number of phenols is 1. The van der Waals surface area contributed by atoms with Crippen LogP contribution in [0, 0.1) is 0 Å². The summed E-state index contributed by atoms with van der Waals surface area (Å²) in [7, 11) is 1.53. The molecule has 5 heteroatoms. The van der Waals surface area contributed by atoms with Gasteiger partial charge in [0.2, 0.25) is 5.91 Å². The quantitative estimate of drug-likeness (QED) is 0.515. The number of benzene rings is 3. The molecule has 150 valence electrons. The van der Waals surface area contributed by atoms with Gasteiger partial charge in [0, 0.05) is 30.5 Å². The zero-order valence-electron chi connectivity index (χ0n) is 16.6. The topological polar surface area (TPSA) is 63.5 Å². The van der Waals surface area contributed by atoms with Gasteiger partial charge >= 0.3 is 0 Å². The minimum atomic E-state index is -0.162. The second-order valence-corrected chi connectivity index (χ2v) is 7.63. The van der Waals surface area contributed by atoms with Crippen LogP contribution >= 0.6 is 0 Å². The highest BCUT2D eigenvalue weighted by Crippen LogP contribution is 2.42. The van der Waals surface area contributed by atoms with E-state index in [2.05, 4.69) is 34.3 Å². The summed E-state index contributed by atoms with van der Waals surface area (Å²) in [4.78, 5) is 12.7. The van der Waals surface area contributed by atoms with Crippen LogP contribution < -0.4 is 10.1 Å². The summed E-state index contributed by atoms with van der Waals surface area (Å²) in [5.74, 6) is 0.301. The molecule has 5 rings (SSSR count). The molecule has 5 nitrogen and oxygen atoms in total. The van der Waals surface area contributed by atoms with Crippen molar-refractivity contribution in [3.05, 3.63) is 89.6 Å². The third kappa shape index (κ3) is 3.08. The number of carbonyl (C=O) groups excluding carboxylic acids is 1. The average molecular weight is 398 g/mol. The van der Waals surface area contributed by atoms with Crippen molar-refractivity contribution in [2.75, 3.05) is 12.4 Å². The van der Waals surface area contributed by atoms with E-state index in [1.807, 2.05) is 36.4 Å². The minimum absolute atomic E-state index is 0.0337. The molecule has 0 saturated carbocycles. The van der Waals surface area contributed by atoms with Crippen molar-refractivity contribution in [3.8, 4) is 11.5 Å². The molecule has 0 aliphatic carbocycles. The van der Waals surface area contributed by atoms with E-state index in [0.29, 0.717) is 12.2 Å². The molecule has 1 aliphatic heterocycles. The van der Waals surface area contributed by atoms with Crippen LogP contribution in [0.4, 0.5) is 5.69 Å². The molecule has 30 heavy (non-hydrogen) atoms. The Bertz CT molecular complexity index is 1240. The van der Waals surface area contributed by atoms with E-state index in [4.69, 9.17) is 4.74 Å². The summed E-state index contributed by atoms with van der Waals surface area (Å²) in [6.45, 7) is 0.745. The number of hydrogen-bond acceptors (Lipinski definition) is 3. The number of hydrogen-bond donors (Lipinski definition) is 2. The van der Waals surface area contributed by atoms with Gasteiger partial charge in [0.1, 0.15) is 0 Å². The number of nitrogens with one attached hydrogen (secondary N) is 1. The van der Waals surface area contributed by atoms with E-state index < -0.39 is 0 Å². The normalized spacial score (nSPS) is 15.6. The maximum atomic E-state index is 12.7. The molecule has 4 aromatic rings. The number of aromatic nitrogens is 1. The zero-order chi connectivity index (χ0) is 20.7. The Balaban J connectivity index is 1.68. The SMILES string of the molecule is COc1ccc(C2CC(=O)Nc3cccc4c3c2cn4Cc2ccccc2)cc1O. The summed E-state index contributed by atoms with van der Waals surface area (Å²) in [6.07, 6.45) is 2.46. The largest absolute Gasteiger partial charge is 0.504 e. The fourth-order valence-electron chi connectivity index (χ4n) is 4.38. The van der Waals surface area contributed by atoms with Crippen molar-refractivity contribution in [1.82, 2.24) is 4.57 Å². The van der Waals surface area contributed by atoms with Crippen LogP contribution in [0.25, 0.3) is 10.9 Å². The maximum Gasteiger partial charge on any atom is 0.225 e. The van der Waals surface area contributed by atoms with Gasteiger partial charge in [0.05, 0.1) is 18.3 Å². The lowest BCUT2D eigenvalue weighted by atomic mass is 9.88. The zero-order valence-corrected chi connectivity index (χ0v) is 16.6. The Hall–Kier alpha value is -3.73. The molecule has 1 amide bonds. The Morgan fingerprint density at radius 3 is 2.70 bits per heavy atom. The first-order valence-corrected chi connectivity index (χ1v) is 9.96. The molecule has 1 unspecified atom stereocenters. The molecular weight excluding hydrogens is 376 g/mol. The van der Waals surface area contributed by atoms with Gasteiger partial charge in [-0.3, -0.25) is 4.79 Å². The molecule has 0 bridgehead atoms. The number of anilines is 1. The lowest BCUT2D eigenvalue weighted by molar-refractivity contribution is -0.116. The molecule has 0 saturated heterocycles. The standard InChI is InChI=1S/C25H22N2O3/c1-30-23-11-10-17(12-22(23)28)18-13-24(29)26-20-8-5-9-21-25(20)19(18)15-27(21)14-16-6-3-2-4-7-16/h2-12,15,18,28H,13-14H2,1H3,(H,26,29). The van der Waals surface area contributed by atoms with Crippen LogP contribution in [0.15, 0.2) is 72.9 Å². The van der Waals surface area contributed by atoms with Crippen molar-refractivity contribution >= 4 is 22.5 Å². The van der Waals surface area contributed by atoms with Crippen LogP contribution in [-0.4, -0.2) is 22.7 Å². The number of rotatable bonds is 4. The van der Waals surface area contributed by atoms with Gasteiger partial charge in [-0.1, -0.05) is 42.5 Å². The van der Waals surface area contributed by atoms with Crippen molar-refractivity contribution in [2.24, 2.45) is 0 Å². The predicted molar refractivity (Wildman–Crippen MR) is 117 cm³/mol. The van der Waals surface area contributed by atoms with E-state index in [9.17, 15) is 9.90 Å². The van der Waals surface area contributed by atoms with Crippen LogP contribution in [0.5, 0.6) is 11.5 Å². The van der Waals surface area contributed by atoms with Gasteiger partial charge in [-0.15, -0.1) is 0 Å². The molecule has 1 aromatic heterocycles. The molecule has 0 fully saturated rings. The molecule has 1 atom stereocenters. The first-order valence-electron chi connectivity index (χ1n) is 9.96. The number of aromatic hydroxyl groups is 1. The second kappa shape index (κ2) is 7.26. The highest BCUT2D eigenvalue weighted by atomic mass is 16.5. The van der Waals surface area contributed by atoms with Gasteiger partial charge in [0.25, 0.3) is 0 Å².